The lowest BCUT2D eigenvalue weighted by Crippen LogP contribution is -2.08. The van der Waals surface area contributed by atoms with Gasteiger partial charge in [0.15, 0.2) is 0 Å². The number of ether oxygens (including phenoxy) is 1. The zero-order valence-electron chi connectivity index (χ0n) is 18.6. The van der Waals surface area contributed by atoms with Crippen molar-refractivity contribution in [2.75, 3.05) is 7.11 Å². The van der Waals surface area contributed by atoms with E-state index in [1.165, 1.54) is 73.6 Å². The van der Waals surface area contributed by atoms with E-state index in [4.69, 9.17) is 4.74 Å². The van der Waals surface area contributed by atoms with Crippen molar-refractivity contribution in [1.29, 1.82) is 0 Å². The number of benzene rings is 1. The van der Waals surface area contributed by atoms with Crippen LogP contribution >= 0.6 is 11.3 Å². The molecular weight excluding hydrogens is 388 g/mol. The molecule has 2 nitrogen and oxygen atoms in total. The number of thiophene rings is 1. The van der Waals surface area contributed by atoms with Crippen LogP contribution in [-0.4, -0.2) is 13.1 Å². The molecule has 1 aromatic heterocycles. The fourth-order valence-electron chi connectivity index (χ4n) is 4.75. The average molecular weight is 425 g/mol. The Morgan fingerprint density at radius 2 is 1.87 bits per heavy atom. The molecule has 3 heteroatoms. The lowest BCUT2D eigenvalue weighted by atomic mass is 9.83. The molecule has 0 unspecified atom stereocenters. The summed E-state index contributed by atoms with van der Waals surface area (Å²) in [4.78, 5) is 13.6. The van der Waals surface area contributed by atoms with Crippen LogP contribution in [0.25, 0.3) is 0 Å². The zero-order valence-corrected chi connectivity index (χ0v) is 19.4. The second kappa shape index (κ2) is 11.5. The monoisotopic (exact) mass is 424 g/mol. The predicted molar refractivity (Wildman–Crippen MR) is 127 cm³/mol. The first-order valence-electron chi connectivity index (χ1n) is 11.6. The van der Waals surface area contributed by atoms with Gasteiger partial charge in [-0.1, -0.05) is 62.6 Å². The van der Waals surface area contributed by atoms with E-state index < -0.39 is 0 Å². The Kier molecular flexibility index (Phi) is 8.74. The van der Waals surface area contributed by atoms with Crippen LogP contribution < -0.4 is 0 Å². The molecular formula is C27H36O2S. The van der Waals surface area contributed by atoms with Gasteiger partial charge >= 0.3 is 5.97 Å². The standard InChI is InChI=1S/C27H36O2S/c1-4-5-6-7-9-21-13-16-23(17-14-21)26-20(2)12-15-22(26)10-8-11-24-18-19-25(30-24)27(28)29-3/h13-14,16-19,22,26H,2,4-12,15H2,1,3H3/t22-,26-/m0/s1. The molecule has 0 amide bonds. The molecule has 1 heterocycles. The number of carbonyl (C=O) groups excluding carboxylic acids is 1. The Hall–Kier alpha value is -1.87. The summed E-state index contributed by atoms with van der Waals surface area (Å²) in [6.07, 6.45) is 12.3. The minimum atomic E-state index is -0.229. The first-order chi connectivity index (χ1) is 14.6. The number of methoxy groups -OCH3 is 1. The van der Waals surface area contributed by atoms with Crippen molar-refractivity contribution < 1.29 is 9.53 Å². The third-order valence-corrected chi connectivity index (χ3v) is 7.58. The smallest absolute Gasteiger partial charge is 0.348 e. The highest BCUT2D eigenvalue weighted by Crippen LogP contribution is 2.45. The van der Waals surface area contributed by atoms with Crippen LogP contribution in [-0.2, 0) is 17.6 Å². The molecule has 0 radical (unpaired) electrons. The molecule has 0 N–H and O–H groups in total. The van der Waals surface area contributed by atoms with Crippen molar-refractivity contribution in [3.8, 4) is 0 Å². The lowest BCUT2D eigenvalue weighted by Gasteiger charge is -2.21. The van der Waals surface area contributed by atoms with Gasteiger partial charge in [0.1, 0.15) is 4.88 Å². The van der Waals surface area contributed by atoms with Gasteiger partial charge in [-0.25, -0.2) is 4.79 Å². The van der Waals surface area contributed by atoms with Crippen LogP contribution in [0.3, 0.4) is 0 Å². The molecule has 1 fully saturated rings. The summed E-state index contributed by atoms with van der Waals surface area (Å²) in [5, 5.41) is 0. The fourth-order valence-corrected chi connectivity index (χ4v) is 5.72. The van der Waals surface area contributed by atoms with E-state index in [-0.39, 0.29) is 5.97 Å². The van der Waals surface area contributed by atoms with Crippen molar-refractivity contribution in [2.45, 2.75) is 77.0 Å². The van der Waals surface area contributed by atoms with Crippen molar-refractivity contribution in [3.63, 3.8) is 0 Å². The minimum absolute atomic E-state index is 0.229. The molecule has 30 heavy (non-hydrogen) atoms. The highest BCUT2D eigenvalue weighted by Gasteiger charge is 2.31. The first kappa shape index (κ1) is 22.8. The number of esters is 1. The Morgan fingerprint density at radius 1 is 1.07 bits per heavy atom. The maximum atomic E-state index is 11.6. The van der Waals surface area contributed by atoms with E-state index in [0.29, 0.717) is 16.7 Å². The summed E-state index contributed by atoms with van der Waals surface area (Å²) < 4.78 is 4.81. The second-order valence-corrected chi connectivity index (χ2v) is 9.81. The highest BCUT2D eigenvalue weighted by molar-refractivity contribution is 7.13. The van der Waals surface area contributed by atoms with E-state index in [1.54, 1.807) is 11.3 Å². The molecule has 1 saturated carbocycles. The van der Waals surface area contributed by atoms with Crippen LogP contribution in [0, 0.1) is 5.92 Å². The summed E-state index contributed by atoms with van der Waals surface area (Å²) in [5.41, 5.74) is 4.32. The quantitative estimate of drug-likeness (QED) is 0.209. The van der Waals surface area contributed by atoms with Crippen molar-refractivity contribution >= 4 is 17.3 Å². The van der Waals surface area contributed by atoms with Crippen LogP contribution in [0.5, 0.6) is 0 Å². The maximum absolute atomic E-state index is 11.6. The topological polar surface area (TPSA) is 26.3 Å². The number of unbranched alkanes of at least 4 members (excludes halogenated alkanes) is 3. The van der Waals surface area contributed by atoms with E-state index in [2.05, 4.69) is 43.8 Å². The molecule has 0 bridgehead atoms. The number of hydrogen-bond acceptors (Lipinski definition) is 3. The van der Waals surface area contributed by atoms with E-state index >= 15 is 0 Å². The Morgan fingerprint density at radius 3 is 2.60 bits per heavy atom. The summed E-state index contributed by atoms with van der Waals surface area (Å²) in [5.74, 6) is 0.966. The van der Waals surface area contributed by atoms with Crippen LogP contribution in [0.1, 0.15) is 89.9 Å². The highest BCUT2D eigenvalue weighted by atomic mass is 32.1. The third-order valence-electron chi connectivity index (χ3n) is 6.45. The van der Waals surface area contributed by atoms with Gasteiger partial charge in [0.05, 0.1) is 7.11 Å². The maximum Gasteiger partial charge on any atom is 0.348 e. The predicted octanol–water partition coefficient (Wildman–Crippen LogP) is 7.73. The molecule has 0 saturated heterocycles. The average Bonchev–Trinajstić information content (AvgIpc) is 3.38. The number of carbonyl (C=O) groups is 1. The van der Waals surface area contributed by atoms with Gasteiger partial charge in [-0.05, 0) is 74.1 Å². The number of aryl methyl sites for hydroxylation is 2. The van der Waals surface area contributed by atoms with E-state index in [0.717, 1.165) is 19.3 Å². The molecule has 2 aromatic rings. The van der Waals surface area contributed by atoms with Crippen LogP contribution in [0.2, 0.25) is 0 Å². The molecule has 162 valence electrons. The van der Waals surface area contributed by atoms with E-state index in [9.17, 15) is 4.79 Å². The first-order valence-corrected chi connectivity index (χ1v) is 12.4. The normalized spacial score (nSPS) is 18.7. The SMILES string of the molecule is C=C1CC[C@H](CCCc2ccc(C(=O)OC)s2)[C@H]1c1ccc(CCCCCC)cc1. The molecule has 1 aromatic carbocycles. The molecule has 1 aliphatic rings. The minimum Gasteiger partial charge on any atom is -0.465 e. The van der Waals surface area contributed by atoms with Gasteiger partial charge in [0.25, 0.3) is 0 Å². The van der Waals surface area contributed by atoms with Crippen molar-refractivity contribution in [1.82, 2.24) is 0 Å². The molecule has 3 rings (SSSR count). The molecule has 0 aliphatic heterocycles. The van der Waals surface area contributed by atoms with Gasteiger partial charge in [-0.15, -0.1) is 11.3 Å². The van der Waals surface area contributed by atoms with Crippen LogP contribution in [0.15, 0.2) is 48.6 Å². The molecule has 0 spiro atoms. The number of allylic oxidation sites excluding steroid dienone is 1. The van der Waals surface area contributed by atoms with Gasteiger partial charge < -0.3 is 4.74 Å². The Labute approximate surface area is 186 Å². The van der Waals surface area contributed by atoms with Gasteiger partial charge in [-0.3, -0.25) is 0 Å². The number of hydrogen-bond donors (Lipinski definition) is 0. The van der Waals surface area contributed by atoms with Crippen molar-refractivity contribution in [2.24, 2.45) is 5.92 Å². The number of rotatable bonds is 11. The summed E-state index contributed by atoms with van der Waals surface area (Å²) in [7, 11) is 1.44. The third kappa shape index (κ3) is 6.07. The van der Waals surface area contributed by atoms with Crippen LogP contribution in [0.4, 0.5) is 0 Å². The van der Waals surface area contributed by atoms with Gasteiger partial charge in [0, 0.05) is 10.8 Å². The lowest BCUT2D eigenvalue weighted by molar-refractivity contribution is 0.0606. The summed E-state index contributed by atoms with van der Waals surface area (Å²) in [6, 6.07) is 13.3. The Balaban J connectivity index is 1.52. The summed E-state index contributed by atoms with van der Waals surface area (Å²) in [6.45, 7) is 6.67. The molecule has 1 aliphatic carbocycles. The largest absolute Gasteiger partial charge is 0.465 e. The van der Waals surface area contributed by atoms with Gasteiger partial charge in [0.2, 0.25) is 0 Å². The summed E-state index contributed by atoms with van der Waals surface area (Å²) >= 11 is 1.56. The Bertz CT molecular complexity index is 818. The zero-order chi connectivity index (χ0) is 21.3. The van der Waals surface area contributed by atoms with Gasteiger partial charge in [-0.2, -0.15) is 0 Å². The fraction of sp³-hybridized carbons (Fsp3) is 0.519. The molecule has 2 atom stereocenters. The van der Waals surface area contributed by atoms with Crippen molar-refractivity contribution in [3.05, 3.63) is 69.4 Å². The van der Waals surface area contributed by atoms with E-state index in [1.807, 2.05) is 6.07 Å². The second-order valence-electron chi connectivity index (χ2n) is 8.64.